The van der Waals surface area contributed by atoms with E-state index in [0.717, 1.165) is 32.0 Å². The van der Waals surface area contributed by atoms with E-state index in [1.165, 1.54) is 12.1 Å². The quantitative estimate of drug-likeness (QED) is 0.788. The van der Waals surface area contributed by atoms with Crippen molar-refractivity contribution in [3.8, 4) is 0 Å². The second-order valence-corrected chi connectivity index (χ2v) is 8.81. The van der Waals surface area contributed by atoms with E-state index >= 15 is 0 Å². The lowest BCUT2D eigenvalue weighted by Crippen LogP contribution is -2.45. The normalized spacial score (nSPS) is 19.3. The maximum Gasteiger partial charge on any atom is 0.285 e. The van der Waals surface area contributed by atoms with Gasteiger partial charge in [-0.3, -0.25) is 4.90 Å². The van der Waals surface area contributed by atoms with Crippen LogP contribution >= 0.6 is 0 Å². The summed E-state index contributed by atoms with van der Waals surface area (Å²) in [5.41, 5.74) is 1.12. The smallest absolute Gasteiger partial charge is 0.285 e. The first-order valence-electron chi connectivity index (χ1n) is 9.18. The maximum atomic E-state index is 13.9. The molecule has 8 heteroatoms. The van der Waals surface area contributed by atoms with Gasteiger partial charge in [-0.15, -0.1) is 4.40 Å². The average Bonchev–Trinajstić information content (AvgIpc) is 2.96. The predicted molar refractivity (Wildman–Crippen MR) is 103 cm³/mol. The van der Waals surface area contributed by atoms with Gasteiger partial charge >= 0.3 is 0 Å². The SMILES string of the molecule is CN(C1=NS(=O)(=O)c2ccccc21)C1CCN(Cc2ccc(F)cc2F)CC1. The average molecular weight is 405 g/mol. The molecule has 2 aromatic carbocycles. The van der Waals surface area contributed by atoms with Gasteiger partial charge in [0.15, 0.2) is 5.84 Å². The topological polar surface area (TPSA) is 53.0 Å². The minimum atomic E-state index is -3.63. The van der Waals surface area contributed by atoms with Gasteiger partial charge in [-0.05, 0) is 31.0 Å². The molecule has 2 heterocycles. The monoisotopic (exact) mass is 405 g/mol. The van der Waals surface area contributed by atoms with E-state index < -0.39 is 21.7 Å². The second kappa shape index (κ2) is 7.25. The molecule has 148 valence electrons. The minimum Gasteiger partial charge on any atom is -0.355 e. The van der Waals surface area contributed by atoms with Gasteiger partial charge in [0.1, 0.15) is 16.5 Å². The molecule has 2 aromatic rings. The second-order valence-electron chi connectivity index (χ2n) is 7.24. The van der Waals surface area contributed by atoms with Crippen LogP contribution in [-0.2, 0) is 16.6 Å². The van der Waals surface area contributed by atoms with Crippen LogP contribution in [0.5, 0.6) is 0 Å². The number of halogens is 2. The van der Waals surface area contributed by atoms with Crippen molar-refractivity contribution in [2.45, 2.75) is 30.3 Å². The number of sulfonamides is 1. The Balaban J connectivity index is 1.43. The number of nitrogens with zero attached hydrogens (tertiary/aromatic N) is 3. The third-order valence-corrected chi connectivity index (χ3v) is 6.79. The molecule has 4 rings (SSSR count). The number of hydrogen-bond acceptors (Lipinski definition) is 4. The van der Waals surface area contributed by atoms with Gasteiger partial charge in [0.25, 0.3) is 10.0 Å². The van der Waals surface area contributed by atoms with Crippen LogP contribution in [0.1, 0.15) is 24.0 Å². The van der Waals surface area contributed by atoms with Crippen molar-refractivity contribution < 1.29 is 17.2 Å². The highest BCUT2D eigenvalue weighted by Gasteiger charge is 2.33. The van der Waals surface area contributed by atoms with E-state index in [9.17, 15) is 17.2 Å². The van der Waals surface area contributed by atoms with Crippen LogP contribution < -0.4 is 0 Å². The van der Waals surface area contributed by atoms with E-state index in [1.807, 2.05) is 18.0 Å². The molecule has 1 saturated heterocycles. The first-order valence-corrected chi connectivity index (χ1v) is 10.6. The summed E-state index contributed by atoms with van der Waals surface area (Å²) in [4.78, 5) is 4.32. The van der Waals surface area contributed by atoms with E-state index in [4.69, 9.17) is 0 Å². The van der Waals surface area contributed by atoms with Gasteiger partial charge in [-0.25, -0.2) is 8.78 Å². The number of piperidine rings is 1. The molecule has 0 atom stereocenters. The van der Waals surface area contributed by atoms with Crippen LogP contribution in [0, 0.1) is 11.6 Å². The molecule has 0 bridgehead atoms. The minimum absolute atomic E-state index is 0.148. The fourth-order valence-corrected chi connectivity index (χ4v) is 5.11. The Hall–Kier alpha value is -2.32. The fourth-order valence-electron chi connectivity index (χ4n) is 3.87. The van der Waals surface area contributed by atoms with Crippen LogP contribution in [0.25, 0.3) is 0 Å². The number of amidine groups is 1. The zero-order valence-corrected chi connectivity index (χ0v) is 16.3. The molecule has 28 heavy (non-hydrogen) atoms. The highest BCUT2D eigenvalue weighted by atomic mass is 32.2. The van der Waals surface area contributed by atoms with Gasteiger partial charge in [-0.1, -0.05) is 18.2 Å². The molecule has 0 spiro atoms. The molecule has 0 N–H and O–H groups in total. The van der Waals surface area contributed by atoms with Crippen molar-refractivity contribution >= 4 is 15.9 Å². The lowest BCUT2D eigenvalue weighted by molar-refractivity contribution is 0.158. The van der Waals surface area contributed by atoms with Crippen molar-refractivity contribution in [1.29, 1.82) is 0 Å². The largest absolute Gasteiger partial charge is 0.355 e. The van der Waals surface area contributed by atoms with Gasteiger partial charge in [0.2, 0.25) is 0 Å². The number of likely N-dealkylation sites (tertiary alicyclic amines) is 1. The Bertz CT molecular complexity index is 1030. The Morgan fingerprint density at radius 3 is 2.57 bits per heavy atom. The van der Waals surface area contributed by atoms with Gasteiger partial charge in [0.05, 0.1) is 0 Å². The fraction of sp³-hybridized carbons (Fsp3) is 0.350. The predicted octanol–water partition coefficient (Wildman–Crippen LogP) is 3.01. The third kappa shape index (κ3) is 3.54. The number of benzene rings is 2. The molecule has 0 aliphatic carbocycles. The molecule has 0 unspecified atom stereocenters. The molecule has 2 aliphatic rings. The summed E-state index contributed by atoms with van der Waals surface area (Å²) >= 11 is 0. The van der Waals surface area contributed by atoms with E-state index in [2.05, 4.69) is 9.30 Å². The summed E-state index contributed by atoms with van der Waals surface area (Å²) in [6, 6.07) is 10.7. The van der Waals surface area contributed by atoms with E-state index in [0.29, 0.717) is 23.5 Å². The van der Waals surface area contributed by atoms with E-state index in [1.54, 1.807) is 18.2 Å². The number of rotatable bonds is 3. The third-order valence-electron chi connectivity index (χ3n) is 5.46. The van der Waals surface area contributed by atoms with Crippen LogP contribution in [-0.4, -0.2) is 50.2 Å². The summed E-state index contributed by atoms with van der Waals surface area (Å²) in [7, 11) is -1.76. The first-order chi connectivity index (χ1) is 13.3. The van der Waals surface area contributed by atoms with Crippen LogP contribution in [0.3, 0.4) is 0 Å². The Morgan fingerprint density at radius 2 is 1.86 bits per heavy atom. The highest BCUT2D eigenvalue weighted by Crippen LogP contribution is 2.29. The standard InChI is InChI=1S/C20H21F2N3O2S/c1-24(20-17-4-2-3-5-19(17)28(26,27)23-20)16-8-10-25(11-9-16)13-14-6-7-15(21)12-18(14)22/h2-7,12,16H,8-11,13H2,1H3. The molecule has 0 saturated carbocycles. The Morgan fingerprint density at radius 1 is 1.14 bits per heavy atom. The first kappa shape index (κ1) is 19.0. The molecule has 2 aliphatic heterocycles. The molecule has 0 radical (unpaired) electrons. The van der Waals surface area contributed by atoms with Crippen molar-refractivity contribution in [1.82, 2.24) is 9.80 Å². The maximum absolute atomic E-state index is 13.9. The lowest BCUT2D eigenvalue weighted by atomic mass is 10.0. The summed E-state index contributed by atoms with van der Waals surface area (Å²) < 4.78 is 55.5. The molecule has 0 aromatic heterocycles. The van der Waals surface area contributed by atoms with Crippen molar-refractivity contribution in [3.05, 3.63) is 65.2 Å². The molecule has 1 fully saturated rings. The van der Waals surface area contributed by atoms with E-state index in [-0.39, 0.29) is 10.9 Å². The number of hydrogen-bond donors (Lipinski definition) is 0. The van der Waals surface area contributed by atoms with Crippen molar-refractivity contribution in [3.63, 3.8) is 0 Å². The Labute approximate surface area is 163 Å². The zero-order chi connectivity index (χ0) is 19.9. The molecule has 5 nitrogen and oxygen atoms in total. The summed E-state index contributed by atoms with van der Waals surface area (Å²) in [5.74, 6) is -0.617. The van der Waals surface area contributed by atoms with Crippen LogP contribution in [0.15, 0.2) is 51.8 Å². The molecular formula is C20H21F2N3O2S. The lowest BCUT2D eigenvalue weighted by Gasteiger charge is -2.37. The summed E-state index contributed by atoms with van der Waals surface area (Å²) in [6.07, 6.45) is 1.61. The van der Waals surface area contributed by atoms with Gasteiger partial charge in [0, 0.05) is 49.9 Å². The van der Waals surface area contributed by atoms with Gasteiger partial charge < -0.3 is 4.90 Å². The Kier molecular flexibility index (Phi) is 4.93. The van der Waals surface area contributed by atoms with Crippen LogP contribution in [0.2, 0.25) is 0 Å². The highest BCUT2D eigenvalue weighted by molar-refractivity contribution is 7.90. The zero-order valence-electron chi connectivity index (χ0n) is 15.5. The van der Waals surface area contributed by atoms with Crippen LogP contribution in [0.4, 0.5) is 8.78 Å². The molecule has 0 amide bonds. The van der Waals surface area contributed by atoms with Crippen molar-refractivity contribution in [2.75, 3.05) is 20.1 Å². The molecular weight excluding hydrogens is 384 g/mol. The number of fused-ring (bicyclic) bond motifs is 1. The summed E-state index contributed by atoms with van der Waals surface area (Å²) in [6.45, 7) is 1.92. The van der Waals surface area contributed by atoms with Gasteiger partial charge in [-0.2, -0.15) is 8.42 Å². The summed E-state index contributed by atoms with van der Waals surface area (Å²) in [5, 5.41) is 0. The van der Waals surface area contributed by atoms with Crippen molar-refractivity contribution in [2.24, 2.45) is 4.40 Å².